The first-order chi connectivity index (χ1) is 17.0. The summed E-state index contributed by atoms with van der Waals surface area (Å²) in [4.78, 5) is 0. The molecule has 0 bridgehead atoms. The van der Waals surface area contributed by atoms with Crippen LogP contribution in [0.4, 0.5) is 0 Å². The topological polar surface area (TPSA) is 18.5 Å². The van der Waals surface area contributed by atoms with E-state index in [0.717, 1.165) is 0 Å². The van der Waals surface area contributed by atoms with Crippen LogP contribution >= 0.6 is 0 Å². The molecule has 1 aliphatic rings. The Morgan fingerprint density at radius 3 is 1.43 bits per heavy atom. The highest BCUT2D eigenvalue weighted by Gasteiger charge is 2.43. The molecule has 0 N–H and O–H groups in total. The second-order valence-corrected chi connectivity index (χ2v) is 12.8. The molecule has 0 atom stereocenters. The third-order valence-electron chi connectivity index (χ3n) is 7.82. The lowest BCUT2D eigenvalue weighted by Crippen LogP contribution is -2.40. The van der Waals surface area contributed by atoms with Crippen LogP contribution in [-0.2, 0) is 14.3 Å². The van der Waals surface area contributed by atoms with Crippen molar-refractivity contribution in [3.63, 3.8) is 0 Å². The second kappa shape index (κ2) is 10.1. The van der Waals surface area contributed by atoms with E-state index >= 15 is 0 Å². The monoisotopic (exact) mass is 494 g/mol. The van der Waals surface area contributed by atoms with Crippen molar-refractivity contribution in [3.8, 4) is 11.1 Å². The third kappa shape index (κ3) is 4.47. The molecule has 0 saturated heterocycles. The summed E-state index contributed by atoms with van der Waals surface area (Å²) in [6, 6.07) is 30.8. The van der Waals surface area contributed by atoms with Gasteiger partial charge in [0.25, 0.3) is 0 Å². The van der Waals surface area contributed by atoms with Crippen molar-refractivity contribution in [2.45, 2.75) is 33.1 Å². The van der Waals surface area contributed by atoms with Crippen LogP contribution < -0.4 is 10.4 Å². The van der Waals surface area contributed by atoms with E-state index in [2.05, 4.69) is 113 Å². The maximum atomic E-state index is 6.68. The van der Waals surface area contributed by atoms with Crippen LogP contribution in [0.2, 0.25) is 0 Å². The molecule has 1 aliphatic carbocycles. The molecule has 0 heterocycles. The molecule has 4 aromatic carbocycles. The van der Waals surface area contributed by atoms with Crippen LogP contribution in [0.15, 0.2) is 84.9 Å². The molecule has 4 heteroatoms. The molecule has 2 nitrogen and oxygen atoms in total. The maximum Gasteiger partial charge on any atom is 0.192 e. The minimum Gasteiger partial charge on any atom is -0.417 e. The van der Waals surface area contributed by atoms with Gasteiger partial charge in [0.1, 0.15) is 0 Å². The summed E-state index contributed by atoms with van der Waals surface area (Å²) < 4.78 is 13.4. The molecular formula is C31H34O2Si2. The van der Waals surface area contributed by atoms with Crippen molar-refractivity contribution < 1.29 is 8.85 Å². The van der Waals surface area contributed by atoms with E-state index in [1.54, 1.807) is 0 Å². The average molecular weight is 495 g/mol. The SMILES string of the molecule is Cc1cccc([SiH2]OCC2(CO[SiH2]c3cccc(C)c3C)c3ccccc3-c3ccccc32)c1C. The molecule has 35 heavy (non-hydrogen) atoms. The van der Waals surface area contributed by atoms with E-state index in [9.17, 15) is 0 Å². The van der Waals surface area contributed by atoms with Crippen molar-refractivity contribution in [1.29, 1.82) is 0 Å². The number of aryl methyl sites for hydroxylation is 2. The number of hydrogen-bond acceptors (Lipinski definition) is 2. The fraction of sp³-hybridized carbons (Fsp3) is 0.226. The molecule has 0 aromatic heterocycles. The van der Waals surface area contributed by atoms with E-state index < -0.39 is 19.5 Å². The van der Waals surface area contributed by atoms with E-state index in [0.29, 0.717) is 13.2 Å². The molecule has 0 aliphatic heterocycles. The first-order valence-electron chi connectivity index (χ1n) is 12.5. The highest BCUT2D eigenvalue weighted by atomic mass is 28.2. The summed E-state index contributed by atoms with van der Waals surface area (Å²) in [5.74, 6) is 0. The minimum absolute atomic E-state index is 0.275. The fourth-order valence-corrected chi connectivity index (χ4v) is 8.17. The molecule has 0 fully saturated rings. The maximum absolute atomic E-state index is 6.68. The first-order valence-corrected chi connectivity index (χ1v) is 15.0. The van der Waals surface area contributed by atoms with E-state index in [1.807, 2.05) is 0 Å². The predicted molar refractivity (Wildman–Crippen MR) is 153 cm³/mol. The molecule has 0 radical (unpaired) electrons. The van der Waals surface area contributed by atoms with Crippen LogP contribution in [-0.4, -0.2) is 32.7 Å². The van der Waals surface area contributed by atoms with Crippen molar-refractivity contribution in [2.24, 2.45) is 0 Å². The highest BCUT2D eigenvalue weighted by Crippen LogP contribution is 2.49. The summed E-state index contributed by atoms with van der Waals surface area (Å²) >= 11 is 0. The Kier molecular flexibility index (Phi) is 6.89. The Labute approximate surface area is 214 Å². The molecule has 4 aromatic rings. The molecule has 0 saturated carbocycles. The smallest absolute Gasteiger partial charge is 0.192 e. The Balaban J connectivity index is 1.46. The van der Waals surface area contributed by atoms with Gasteiger partial charge in [0, 0.05) is 13.2 Å². The van der Waals surface area contributed by atoms with Crippen LogP contribution in [0.5, 0.6) is 0 Å². The summed E-state index contributed by atoms with van der Waals surface area (Å²) in [5.41, 5.74) is 10.5. The summed E-state index contributed by atoms with van der Waals surface area (Å²) in [6.45, 7) is 10.1. The molecule has 5 rings (SSSR count). The molecule has 0 unspecified atom stereocenters. The number of fused-ring (bicyclic) bond motifs is 3. The van der Waals surface area contributed by atoms with Crippen molar-refractivity contribution in [1.82, 2.24) is 0 Å². The normalized spacial score (nSPS) is 14.2. The lowest BCUT2D eigenvalue weighted by Gasteiger charge is -2.32. The van der Waals surface area contributed by atoms with Gasteiger partial charge in [-0.15, -0.1) is 0 Å². The fourth-order valence-electron chi connectivity index (χ4n) is 5.38. The van der Waals surface area contributed by atoms with E-state index in [1.165, 1.54) is 54.9 Å². The van der Waals surface area contributed by atoms with Gasteiger partial charge in [-0.3, -0.25) is 0 Å². The lowest BCUT2D eigenvalue weighted by atomic mass is 9.80. The molecule has 0 amide bonds. The van der Waals surface area contributed by atoms with Gasteiger partial charge >= 0.3 is 0 Å². The summed E-state index contributed by atoms with van der Waals surface area (Å²) in [6.07, 6.45) is 0. The Hall–Kier alpha value is -2.77. The molecule has 178 valence electrons. The van der Waals surface area contributed by atoms with Gasteiger partial charge in [-0.1, -0.05) is 84.9 Å². The zero-order chi connectivity index (χ0) is 24.4. The predicted octanol–water partition coefficient (Wildman–Crippen LogP) is 4.04. The van der Waals surface area contributed by atoms with Gasteiger partial charge in [-0.25, -0.2) is 0 Å². The van der Waals surface area contributed by atoms with E-state index in [-0.39, 0.29) is 5.41 Å². The van der Waals surface area contributed by atoms with Gasteiger partial charge in [0.15, 0.2) is 19.5 Å². The lowest BCUT2D eigenvalue weighted by molar-refractivity contribution is 0.184. The number of benzene rings is 4. The highest BCUT2D eigenvalue weighted by molar-refractivity contribution is 6.48. The second-order valence-electron chi connectivity index (χ2n) is 9.88. The van der Waals surface area contributed by atoms with Crippen molar-refractivity contribution in [3.05, 3.63) is 118 Å². The summed E-state index contributed by atoms with van der Waals surface area (Å²) in [7, 11) is -1.73. The van der Waals surface area contributed by atoms with Crippen molar-refractivity contribution >= 4 is 29.9 Å². The van der Waals surface area contributed by atoms with E-state index in [4.69, 9.17) is 8.85 Å². The van der Waals surface area contributed by atoms with Crippen LogP contribution in [0.3, 0.4) is 0 Å². The quantitative estimate of drug-likeness (QED) is 0.344. The molecule has 0 spiro atoms. The largest absolute Gasteiger partial charge is 0.417 e. The Morgan fingerprint density at radius 1 is 0.543 bits per heavy atom. The zero-order valence-corrected chi connectivity index (χ0v) is 24.1. The van der Waals surface area contributed by atoms with Gasteiger partial charge in [0.2, 0.25) is 0 Å². The first kappa shape index (κ1) is 24.0. The zero-order valence-electron chi connectivity index (χ0n) is 21.2. The van der Waals surface area contributed by atoms with Gasteiger partial charge < -0.3 is 8.85 Å². The summed E-state index contributed by atoms with van der Waals surface area (Å²) in [5, 5.41) is 2.79. The van der Waals surface area contributed by atoms with Crippen LogP contribution in [0.25, 0.3) is 11.1 Å². The molecular weight excluding hydrogens is 461 g/mol. The van der Waals surface area contributed by atoms with Crippen LogP contribution in [0, 0.1) is 27.7 Å². The number of rotatable bonds is 8. The van der Waals surface area contributed by atoms with Crippen LogP contribution in [0.1, 0.15) is 33.4 Å². The number of hydrogen-bond donors (Lipinski definition) is 0. The third-order valence-corrected chi connectivity index (χ3v) is 10.8. The van der Waals surface area contributed by atoms with Gasteiger partial charge in [-0.05, 0) is 82.6 Å². The standard InChI is InChI=1S/C31H34O2Si2/c1-21-11-9-17-29(23(21)3)34-32-19-31(20-33-35-30-18-10-12-22(2)24(30)4)27-15-7-5-13-25(27)26-14-6-8-16-28(26)31/h5-18H,19-20,34-35H2,1-4H3. The Morgan fingerprint density at radius 2 is 0.971 bits per heavy atom. The van der Waals surface area contributed by atoms with Crippen molar-refractivity contribution in [2.75, 3.05) is 13.2 Å². The minimum atomic E-state index is -0.863. The van der Waals surface area contributed by atoms with Gasteiger partial charge in [-0.2, -0.15) is 0 Å². The Bertz CT molecular complexity index is 1260. The van der Waals surface area contributed by atoms with Gasteiger partial charge in [0.05, 0.1) is 5.41 Å². The average Bonchev–Trinajstić information content (AvgIpc) is 3.15.